The number of ether oxygens (including phenoxy) is 1. The molecule has 2 aromatic rings. The number of ketones is 1. The van der Waals surface area contributed by atoms with Crippen LogP contribution >= 0.6 is 23.1 Å². The topological polar surface area (TPSA) is 88.6 Å². The Kier molecular flexibility index (Phi) is 8.48. The third-order valence-corrected chi connectivity index (χ3v) is 7.14. The number of esters is 1. The zero-order valence-corrected chi connectivity index (χ0v) is 19.4. The van der Waals surface area contributed by atoms with Crippen molar-refractivity contribution in [2.24, 2.45) is 5.92 Å². The summed E-state index contributed by atoms with van der Waals surface area (Å²) in [5, 5.41) is 3.34. The molecule has 1 N–H and O–H groups in total. The first kappa shape index (κ1) is 23.3. The highest BCUT2D eigenvalue weighted by Crippen LogP contribution is 2.31. The number of thiazole rings is 1. The van der Waals surface area contributed by atoms with Gasteiger partial charge in [0.1, 0.15) is 0 Å². The van der Waals surface area contributed by atoms with Gasteiger partial charge in [0.05, 0.1) is 22.8 Å². The van der Waals surface area contributed by atoms with Gasteiger partial charge >= 0.3 is 12.0 Å². The summed E-state index contributed by atoms with van der Waals surface area (Å²) >= 11 is 2.65. The van der Waals surface area contributed by atoms with Crippen LogP contribution in [0.15, 0.2) is 34.7 Å². The maximum absolute atomic E-state index is 13.2. The van der Waals surface area contributed by atoms with Gasteiger partial charge in [0.15, 0.2) is 10.9 Å². The Morgan fingerprint density at radius 1 is 1.29 bits per heavy atom. The van der Waals surface area contributed by atoms with Crippen LogP contribution in [-0.2, 0) is 9.53 Å². The van der Waals surface area contributed by atoms with Crippen molar-refractivity contribution < 1.29 is 19.1 Å². The fraction of sp³-hybridized carbons (Fsp3) is 0.455. The number of carbonyl (C=O) groups is 3. The van der Waals surface area contributed by atoms with E-state index in [4.69, 9.17) is 4.74 Å². The van der Waals surface area contributed by atoms with E-state index in [9.17, 15) is 14.4 Å². The van der Waals surface area contributed by atoms with E-state index in [0.717, 1.165) is 17.1 Å². The van der Waals surface area contributed by atoms with Crippen LogP contribution in [0.1, 0.15) is 49.9 Å². The minimum atomic E-state index is -0.278. The number of carbonyl (C=O) groups excluding carboxylic acids is 3. The second-order valence-electron chi connectivity index (χ2n) is 7.38. The summed E-state index contributed by atoms with van der Waals surface area (Å²) in [5.41, 5.74) is 1.28. The van der Waals surface area contributed by atoms with E-state index in [1.54, 1.807) is 36.2 Å². The van der Waals surface area contributed by atoms with Gasteiger partial charge in [0.25, 0.3) is 0 Å². The predicted molar refractivity (Wildman–Crippen MR) is 124 cm³/mol. The van der Waals surface area contributed by atoms with Gasteiger partial charge in [0, 0.05) is 17.8 Å². The fourth-order valence-corrected chi connectivity index (χ4v) is 5.18. The molecule has 0 spiro atoms. The molecular formula is C22H27N3O4S2. The lowest BCUT2D eigenvalue weighted by atomic mass is 10.1. The normalized spacial score (nSPS) is 13.7. The van der Waals surface area contributed by atoms with Crippen molar-refractivity contribution in [3.63, 3.8) is 0 Å². The van der Waals surface area contributed by atoms with Crippen molar-refractivity contribution in [1.29, 1.82) is 0 Å². The van der Waals surface area contributed by atoms with Crippen molar-refractivity contribution in [1.82, 2.24) is 4.98 Å². The minimum absolute atomic E-state index is 0.0359. The molecule has 1 fully saturated rings. The van der Waals surface area contributed by atoms with Crippen LogP contribution < -0.4 is 10.2 Å². The molecule has 31 heavy (non-hydrogen) atoms. The van der Waals surface area contributed by atoms with E-state index in [-0.39, 0.29) is 23.5 Å². The molecule has 1 aliphatic rings. The van der Waals surface area contributed by atoms with Gasteiger partial charge in [-0.05, 0) is 44.7 Å². The Hall–Kier alpha value is -2.39. The van der Waals surface area contributed by atoms with Crippen LogP contribution in [0.25, 0.3) is 0 Å². The van der Waals surface area contributed by atoms with Gasteiger partial charge in [-0.2, -0.15) is 0 Å². The van der Waals surface area contributed by atoms with Crippen molar-refractivity contribution in [2.45, 2.75) is 43.7 Å². The van der Waals surface area contributed by atoms with E-state index >= 15 is 0 Å². The Bertz CT molecular complexity index is 925. The average molecular weight is 462 g/mol. The van der Waals surface area contributed by atoms with Crippen LogP contribution in [0.3, 0.4) is 0 Å². The highest BCUT2D eigenvalue weighted by Gasteiger charge is 2.24. The number of thioether (sulfide) groups is 1. The van der Waals surface area contributed by atoms with Gasteiger partial charge in [-0.3, -0.25) is 19.8 Å². The molecule has 7 nitrogen and oxygen atoms in total. The van der Waals surface area contributed by atoms with Gasteiger partial charge < -0.3 is 4.74 Å². The van der Waals surface area contributed by atoms with Crippen molar-refractivity contribution >= 4 is 51.7 Å². The van der Waals surface area contributed by atoms with E-state index < -0.39 is 0 Å². The number of anilines is 2. The summed E-state index contributed by atoms with van der Waals surface area (Å²) in [6, 6.07) is 6.90. The first-order valence-electron chi connectivity index (χ1n) is 10.4. The number of amides is 2. The number of benzene rings is 1. The second kappa shape index (κ2) is 11.3. The van der Waals surface area contributed by atoms with E-state index in [1.807, 2.05) is 6.07 Å². The third-order valence-electron chi connectivity index (χ3n) is 5.06. The average Bonchev–Trinajstić information content (AvgIpc) is 3.42. The van der Waals surface area contributed by atoms with Gasteiger partial charge in [0.2, 0.25) is 0 Å². The Labute approximate surface area is 190 Å². The molecule has 1 saturated carbocycles. The van der Waals surface area contributed by atoms with Crippen LogP contribution in [0.5, 0.6) is 0 Å². The molecular weight excluding hydrogens is 434 g/mol. The molecule has 0 unspecified atom stereocenters. The smallest absolute Gasteiger partial charge is 0.328 e. The number of hydrogen-bond acceptors (Lipinski definition) is 7. The predicted octanol–water partition coefficient (Wildman–Crippen LogP) is 5.23. The maximum Gasteiger partial charge on any atom is 0.328 e. The Morgan fingerprint density at radius 2 is 2.06 bits per heavy atom. The number of urea groups is 1. The number of nitrogens with one attached hydrogen (secondary N) is 1. The van der Waals surface area contributed by atoms with Crippen LogP contribution in [0.4, 0.5) is 15.6 Å². The Balaban J connectivity index is 1.70. The molecule has 2 amide bonds. The van der Waals surface area contributed by atoms with E-state index in [0.29, 0.717) is 35.5 Å². The zero-order chi connectivity index (χ0) is 22.2. The molecule has 0 atom stereocenters. The summed E-state index contributed by atoms with van der Waals surface area (Å²) in [6.45, 7) is 4.24. The van der Waals surface area contributed by atoms with Crippen LogP contribution in [-0.4, -0.2) is 41.7 Å². The molecule has 1 aromatic heterocycles. The number of rotatable bonds is 9. The maximum atomic E-state index is 13.2. The molecule has 0 saturated heterocycles. The fourth-order valence-electron chi connectivity index (χ4n) is 3.53. The van der Waals surface area contributed by atoms with Crippen LogP contribution in [0, 0.1) is 5.92 Å². The van der Waals surface area contributed by atoms with E-state index in [1.165, 1.54) is 42.9 Å². The largest absolute Gasteiger partial charge is 0.465 e. The number of nitrogens with zero attached hydrogens (tertiary/aromatic N) is 2. The summed E-state index contributed by atoms with van der Waals surface area (Å²) in [5.74, 6) is 0.333. The van der Waals surface area contributed by atoms with E-state index in [2.05, 4.69) is 10.3 Å². The standard InChI is InChI=1S/C22H27N3O4S2/c1-3-29-19(27)14-30-20-12-23-21(31-20)24-22(28)25(13-16-7-4-5-8-16)18-10-6-9-17(11-18)15(2)26/h6,9-12,16H,3-5,7-8,13-14H2,1-2H3,(H,23,24,28). The zero-order valence-electron chi connectivity index (χ0n) is 17.8. The Morgan fingerprint density at radius 3 is 2.77 bits per heavy atom. The second-order valence-corrected chi connectivity index (χ2v) is 9.68. The lowest BCUT2D eigenvalue weighted by molar-refractivity contribution is -0.139. The molecule has 1 aliphatic carbocycles. The van der Waals surface area contributed by atoms with Crippen molar-refractivity contribution in [2.75, 3.05) is 29.1 Å². The summed E-state index contributed by atoms with van der Waals surface area (Å²) < 4.78 is 5.75. The molecule has 1 heterocycles. The summed E-state index contributed by atoms with van der Waals surface area (Å²) in [6.07, 6.45) is 6.20. The lowest BCUT2D eigenvalue weighted by Crippen LogP contribution is -2.38. The van der Waals surface area contributed by atoms with Gasteiger partial charge in [-0.1, -0.05) is 36.3 Å². The highest BCUT2D eigenvalue weighted by atomic mass is 32.2. The van der Waals surface area contributed by atoms with Crippen molar-refractivity contribution in [3.05, 3.63) is 36.0 Å². The highest BCUT2D eigenvalue weighted by molar-refractivity contribution is 8.01. The summed E-state index contributed by atoms with van der Waals surface area (Å²) in [7, 11) is 0. The first-order chi connectivity index (χ1) is 15.0. The molecule has 9 heteroatoms. The molecule has 0 bridgehead atoms. The molecule has 0 radical (unpaired) electrons. The molecule has 1 aromatic carbocycles. The molecule has 3 rings (SSSR count). The van der Waals surface area contributed by atoms with Crippen LogP contribution in [0.2, 0.25) is 0 Å². The summed E-state index contributed by atoms with van der Waals surface area (Å²) in [4.78, 5) is 42.5. The monoisotopic (exact) mass is 461 g/mol. The van der Waals surface area contributed by atoms with Gasteiger partial charge in [-0.25, -0.2) is 9.78 Å². The van der Waals surface area contributed by atoms with Crippen molar-refractivity contribution in [3.8, 4) is 0 Å². The lowest BCUT2D eigenvalue weighted by Gasteiger charge is -2.26. The number of Topliss-reactive ketones (excluding diaryl/α,β-unsaturated/α-hetero) is 1. The third kappa shape index (κ3) is 6.80. The number of hydrogen-bond donors (Lipinski definition) is 1. The SMILES string of the molecule is CCOC(=O)CSc1cnc(NC(=O)N(CC2CCCC2)c2cccc(C(C)=O)c2)s1. The molecule has 166 valence electrons. The number of aromatic nitrogens is 1. The minimum Gasteiger partial charge on any atom is -0.465 e. The van der Waals surface area contributed by atoms with Gasteiger partial charge in [-0.15, -0.1) is 11.8 Å². The quantitative estimate of drug-likeness (QED) is 0.312. The first-order valence-corrected chi connectivity index (χ1v) is 12.2. The molecule has 0 aliphatic heterocycles.